The fourth-order valence-corrected chi connectivity index (χ4v) is 5.96. The number of piperidine rings is 1. The normalized spacial score (nSPS) is 13.6. The van der Waals surface area contributed by atoms with Crippen LogP contribution < -0.4 is 9.64 Å². The van der Waals surface area contributed by atoms with Crippen molar-refractivity contribution in [3.05, 3.63) is 95.2 Å². The minimum Gasteiger partial charge on any atom is -0.490 e. The third kappa shape index (κ3) is 9.31. The van der Waals surface area contributed by atoms with Crippen LogP contribution in [0.25, 0.3) is 11.0 Å². The molecule has 9 heteroatoms. The molecule has 0 aliphatic carbocycles. The third-order valence-corrected chi connectivity index (χ3v) is 8.63. The van der Waals surface area contributed by atoms with Gasteiger partial charge in [0.1, 0.15) is 17.4 Å². The number of hydrogen-bond acceptors (Lipinski definition) is 5. The van der Waals surface area contributed by atoms with Crippen LogP contribution >= 0.6 is 0 Å². The molecule has 0 radical (unpaired) electrons. The monoisotopic (exact) mass is 647 g/mol. The summed E-state index contributed by atoms with van der Waals surface area (Å²) in [7, 11) is 1.84. The maximum atomic E-state index is 13.1. The van der Waals surface area contributed by atoms with Crippen LogP contribution in [-0.2, 0) is 12.6 Å². The molecule has 0 spiro atoms. The number of amides is 1. The first-order chi connectivity index (χ1) is 22.6. The number of fused-ring (bicyclic) bond motifs is 1. The van der Waals surface area contributed by atoms with Gasteiger partial charge in [-0.05, 0) is 79.4 Å². The van der Waals surface area contributed by atoms with Crippen molar-refractivity contribution < 1.29 is 27.1 Å². The molecule has 1 amide bonds. The Labute approximate surface area is 275 Å². The summed E-state index contributed by atoms with van der Waals surface area (Å²) in [4.78, 5) is 16.9. The van der Waals surface area contributed by atoms with E-state index < -0.39 is 11.7 Å². The Balaban J connectivity index is 0.000000427. The van der Waals surface area contributed by atoms with Gasteiger partial charge in [0.25, 0.3) is 5.91 Å². The lowest BCUT2D eigenvalue weighted by Gasteiger charge is -2.33. The zero-order valence-electron chi connectivity index (χ0n) is 27.6. The minimum atomic E-state index is -4.33. The molecular weight excluding hydrogens is 603 g/mol. The van der Waals surface area contributed by atoms with Crippen molar-refractivity contribution >= 4 is 22.6 Å². The highest BCUT2D eigenvalue weighted by molar-refractivity contribution is 5.96. The molecule has 2 heterocycles. The number of aryl methyl sites for hydroxylation is 1. The van der Waals surface area contributed by atoms with E-state index in [1.165, 1.54) is 12.1 Å². The molecule has 47 heavy (non-hydrogen) atoms. The van der Waals surface area contributed by atoms with E-state index in [4.69, 9.17) is 14.4 Å². The lowest BCUT2D eigenvalue weighted by Crippen LogP contribution is -2.38. The van der Waals surface area contributed by atoms with Gasteiger partial charge in [-0.2, -0.15) is 18.4 Å². The van der Waals surface area contributed by atoms with Crippen LogP contribution in [0.15, 0.2) is 77.2 Å². The van der Waals surface area contributed by atoms with Gasteiger partial charge in [-0.3, -0.25) is 4.79 Å². The molecule has 0 N–H and O–H groups in total. The highest BCUT2D eigenvalue weighted by Crippen LogP contribution is 2.32. The molecule has 1 aromatic heterocycles. The van der Waals surface area contributed by atoms with E-state index in [1.54, 1.807) is 11.0 Å². The number of nitrogens with zero attached hydrogens (tertiary/aromatic N) is 3. The first kappa shape index (κ1) is 35.4. The van der Waals surface area contributed by atoms with Crippen LogP contribution in [0.1, 0.15) is 86.5 Å². The van der Waals surface area contributed by atoms with Crippen LogP contribution in [0.2, 0.25) is 0 Å². The summed E-state index contributed by atoms with van der Waals surface area (Å²) in [5, 5.41) is 9.42. The van der Waals surface area contributed by atoms with E-state index in [-0.39, 0.29) is 18.1 Å². The predicted octanol–water partition coefficient (Wildman–Crippen LogP) is 9.66. The molecule has 1 fully saturated rings. The molecule has 0 saturated carbocycles. The number of carbonyl (C=O) groups is 1. The fourth-order valence-electron chi connectivity index (χ4n) is 5.96. The van der Waals surface area contributed by atoms with Crippen molar-refractivity contribution in [2.24, 2.45) is 0 Å². The van der Waals surface area contributed by atoms with Gasteiger partial charge < -0.3 is 19.0 Å². The number of halogens is 3. The number of furan rings is 1. The van der Waals surface area contributed by atoms with E-state index in [0.29, 0.717) is 30.2 Å². The van der Waals surface area contributed by atoms with Crippen LogP contribution in [0.5, 0.6) is 5.75 Å². The fraction of sp³-hybridized carbons (Fsp3) is 0.421. The molecular formula is C38H44F3N3O3. The quantitative estimate of drug-likeness (QED) is 0.171. The summed E-state index contributed by atoms with van der Waals surface area (Å²) in [5.41, 5.74) is 2.72. The van der Waals surface area contributed by atoms with Gasteiger partial charge >= 0.3 is 6.18 Å². The van der Waals surface area contributed by atoms with Crippen molar-refractivity contribution in [3.63, 3.8) is 0 Å². The number of benzene rings is 3. The van der Waals surface area contributed by atoms with E-state index >= 15 is 0 Å². The lowest BCUT2D eigenvalue weighted by atomic mass is 10.1. The number of anilines is 1. The van der Waals surface area contributed by atoms with Crippen LogP contribution in [0, 0.1) is 11.3 Å². The van der Waals surface area contributed by atoms with Crippen LogP contribution in [-0.4, -0.2) is 43.1 Å². The van der Waals surface area contributed by atoms with Gasteiger partial charge in [0.05, 0.1) is 17.2 Å². The number of rotatable bonds is 10. The second-order valence-corrected chi connectivity index (χ2v) is 11.9. The summed E-state index contributed by atoms with van der Waals surface area (Å²) in [6, 6.07) is 22.7. The molecule has 0 atom stereocenters. The van der Waals surface area contributed by atoms with Gasteiger partial charge in [0.2, 0.25) is 0 Å². The molecule has 1 aliphatic rings. The van der Waals surface area contributed by atoms with E-state index in [9.17, 15) is 18.0 Å². The summed E-state index contributed by atoms with van der Waals surface area (Å²) in [5.74, 6) is 0.932. The number of carbonyl (C=O) groups excluding carboxylic acids is 1. The standard InChI is InChI=1S/C29H35F3N2O3.C9H9N/c1-4-6-22(7-5-2)33(3)28(35)27-19-20-18-25(12-13-26(20)37-27)36-24-14-16-34(17-15-24)23-10-8-21(9-11-23)29(30,31)32;1-2-8-5-3-4-6-9(8)7-10/h8-13,18-19,22,24H,4-7,14-17H2,1-3H3;3-6H,2H2,1H3. The Bertz CT molecular complexity index is 1630. The van der Waals surface area contributed by atoms with Gasteiger partial charge in [0, 0.05) is 50.1 Å². The Morgan fingerprint density at radius 2 is 1.66 bits per heavy atom. The SMILES string of the molecule is CCCC(CCC)N(C)C(=O)c1cc2cc(OC3CCN(c4ccc(C(F)(F)F)cc4)CC3)ccc2o1.CCc1ccccc1C#N. The molecule has 250 valence electrons. The lowest BCUT2D eigenvalue weighted by molar-refractivity contribution is -0.137. The van der Waals surface area contributed by atoms with Crippen molar-refractivity contribution in [1.82, 2.24) is 4.90 Å². The maximum Gasteiger partial charge on any atom is 0.416 e. The van der Waals surface area contributed by atoms with Crippen molar-refractivity contribution in [2.45, 2.75) is 84.0 Å². The van der Waals surface area contributed by atoms with Crippen LogP contribution in [0.4, 0.5) is 18.9 Å². The summed E-state index contributed by atoms with van der Waals surface area (Å²) >= 11 is 0. The number of nitriles is 1. The van der Waals surface area contributed by atoms with E-state index in [2.05, 4.69) is 31.7 Å². The van der Waals surface area contributed by atoms with E-state index in [0.717, 1.165) is 79.3 Å². The maximum absolute atomic E-state index is 13.1. The summed E-state index contributed by atoms with van der Waals surface area (Å²) in [6.07, 6.45) is 2.10. The molecule has 0 unspecified atom stereocenters. The number of alkyl halides is 3. The Hall–Kier alpha value is -4.45. The number of ether oxygens (including phenoxy) is 1. The van der Waals surface area contributed by atoms with Gasteiger partial charge in [0.15, 0.2) is 5.76 Å². The first-order valence-electron chi connectivity index (χ1n) is 16.4. The second kappa shape index (κ2) is 16.4. The van der Waals surface area contributed by atoms with E-state index in [1.807, 2.05) is 49.5 Å². The Morgan fingerprint density at radius 1 is 1.00 bits per heavy atom. The van der Waals surface area contributed by atoms with Gasteiger partial charge in [-0.1, -0.05) is 51.8 Å². The summed E-state index contributed by atoms with van der Waals surface area (Å²) in [6.45, 7) is 7.71. The first-order valence-corrected chi connectivity index (χ1v) is 16.4. The molecule has 3 aromatic carbocycles. The smallest absolute Gasteiger partial charge is 0.416 e. The highest BCUT2D eigenvalue weighted by Gasteiger charge is 2.30. The Kier molecular flexibility index (Phi) is 12.4. The minimum absolute atomic E-state index is 0.00568. The zero-order valence-corrected chi connectivity index (χ0v) is 27.6. The molecule has 4 aromatic rings. The Morgan fingerprint density at radius 3 is 2.23 bits per heavy atom. The van der Waals surface area contributed by atoms with Crippen molar-refractivity contribution in [2.75, 3.05) is 25.0 Å². The largest absolute Gasteiger partial charge is 0.490 e. The predicted molar refractivity (Wildman–Crippen MR) is 180 cm³/mol. The zero-order chi connectivity index (χ0) is 34.0. The van der Waals surface area contributed by atoms with Gasteiger partial charge in [-0.25, -0.2) is 0 Å². The number of hydrogen-bond donors (Lipinski definition) is 0. The molecule has 0 bridgehead atoms. The average molecular weight is 648 g/mol. The highest BCUT2D eigenvalue weighted by atomic mass is 19.4. The molecule has 1 saturated heterocycles. The molecule has 6 nitrogen and oxygen atoms in total. The summed E-state index contributed by atoms with van der Waals surface area (Å²) < 4.78 is 50.6. The topological polar surface area (TPSA) is 69.7 Å². The second-order valence-electron chi connectivity index (χ2n) is 11.9. The van der Waals surface area contributed by atoms with Crippen LogP contribution in [0.3, 0.4) is 0 Å². The van der Waals surface area contributed by atoms with Crippen molar-refractivity contribution in [3.8, 4) is 11.8 Å². The van der Waals surface area contributed by atoms with Crippen molar-refractivity contribution in [1.29, 1.82) is 5.26 Å². The average Bonchev–Trinajstić information content (AvgIpc) is 3.51. The molecule has 5 rings (SSSR count). The van der Waals surface area contributed by atoms with Gasteiger partial charge in [-0.15, -0.1) is 0 Å². The third-order valence-electron chi connectivity index (χ3n) is 8.63. The molecule has 1 aliphatic heterocycles.